The first-order valence-corrected chi connectivity index (χ1v) is 8.77. The van der Waals surface area contributed by atoms with Crippen molar-refractivity contribution in [2.45, 2.75) is 37.3 Å². The van der Waals surface area contributed by atoms with Crippen molar-refractivity contribution in [1.29, 1.82) is 0 Å². The van der Waals surface area contributed by atoms with E-state index in [9.17, 15) is 4.39 Å². The van der Waals surface area contributed by atoms with Crippen molar-refractivity contribution in [3.63, 3.8) is 0 Å². The Morgan fingerprint density at radius 1 is 1.21 bits per heavy atom. The number of aromatic nitrogens is 2. The van der Waals surface area contributed by atoms with Gasteiger partial charge in [-0.15, -0.1) is 0 Å². The first kappa shape index (κ1) is 14.6. The molecule has 2 bridgehead atoms. The molecule has 3 heterocycles. The van der Waals surface area contributed by atoms with E-state index in [1.54, 1.807) is 0 Å². The quantitative estimate of drug-likeness (QED) is 0.783. The Bertz CT molecular complexity index is 798. The number of morpholine rings is 1. The van der Waals surface area contributed by atoms with Crippen molar-refractivity contribution >= 4 is 17.4 Å². The SMILES string of the molecule is Fc1ccc(C2CCc3c2nc(Cl)nc3N2C[C@@H]3CC2CO3)cc1. The van der Waals surface area contributed by atoms with Crippen molar-refractivity contribution in [1.82, 2.24) is 9.97 Å². The van der Waals surface area contributed by atoms with E-state index in [4.69, 9.17) is 16.3 Å². The van der Waals surface area contributed by atoms with Crippen molar-refractivity contribution in [3.8, 4) is 0 Å². The van der Waals surface area contributed by atoms with E-state index in [-0.39, 0.29) is 11.7 Å². The molecule has 1 aliphatic carbocycles. The minimum Gasteiger partial charge on any atom is -0.374 e. The highest BCUT2D eigenvalue weighted by molar-refractivity contribution is 6.28. The standard InChI is InChI=1S/C18H17ClFN3O/c19-18-21-16-14(10-1-3-11(20)4-2-10)5-6-15(16)17(22-18)23-8-13-7-12(23)9-24-13/h1-4,12-14H,5-9H2/t12?,13-,14?/m0/s1. The van der Waals surface area contributed by atoms with E-state index in [2.05, 4.69) is 14.9 Å². The second-order valence-corrected chi connectivity index (χ2v) is 7.16. The van der Waals surface area contributed by atoms with Gasteiger partial charge in [-0.05, 0) is 48.6 Å². The van der Waals surface area contributed by atoms with Gasteiger partial charge in [-0.3, -0.25) is 0 Å². The van der Waals surface area contributed by atoms with Gasteiger partial charge in [0.05, 0.1) is 24.4 Å². The number of hydrogen-bond acceptors (Lipinski definition) is 4. The lowest BCUT2D eigenvalue weighted by molar-refractivity contribution is 0.0988. The van der Waals surface area contributed by atoms with Crippen LogP contribution in [0.4, 0.5) is 10.2 Å². The van der Waals surface area contributed by atoms with Crippen LogP contribution in [-0.4, -0.2) is 35.3 Å². The van der Waals surface area contributed by atoms with Crippen LogP contribution < -0.4 is 4.90 Å². The van der Waals surface area contributed by atoms with Gasteiger partial charge < -0.3 is 9.64 Å². The van der Waals surface area contributed by atoms with Crippen LogP contribution in [0.15, 0.2) is 24.3 Å². The molecule has 2 fully saturated rings. The molecule has 2 aromatic rings. The van der Waals surface area contributed by atoms with Crippen LogP contribution >= 0.6 is 11.6 Å². The summed E-state index contributed by atoms with van der Waals surface area (Å²) in [6.07, 6.45) is 3.27. The molecule has 1 aromatic carbocycles. The molecule has 124 valence electrons. The average molecular weight is 346 g/mol. The summed E-state index contributed by atoms with van der Waals surface area (Å²) in [7, 11) is 0. The lowest BCUT2D eigenvalue weighted by Crippen LogP contribution is -2.38. The molecule has 2 saturated heterocycles. The summed E-state index contributed by atoms with van der Waals surface area (Å²) in [4.78, 5) is 11.4. The fourth-order valence-corrected chi connectivity index (χ4v) is 4.50. The van der Waals surface area contributed by atoms with Crippen LogP contribution in [0.1, 0.15) is 35.6 Å². The number of ether oxygens (including phenoxy) is 1. The number of benzene rings is 1. The molecule has 0 spiro atoms. The number of nitrogens with zero attached hydrogens (tertiary/aromatic N) is 3. The van der Waals surface area contributed by atoms with Gasteiger partial charge in [0.1, 0.15) is 11.6 Å². The summed E-state index contributed by atoms with van der Waals surface area (Å²) >= 11 is 6.25. The van der Waals surface area contributed by atoms with Gasteiger partial charge in [0.25, 0.3) is 0 Å². The van der Waals surface area contributed by atoms with E-state index in [0.29, 0.717) is 17.4 Å². The second-order valence-electron chi connectivity index (χ2n) is 6.82. The molecule has 0 N–H and O–H groups in total. The molecule has 6 heteroatoms. The van der Waals surface area contributed by atoms with Gasteiger partial charge in [-0.1, -0.05) is 12.1 Å². The Kier molecular flexibility index (Phi) is 3.28. The number of rotatable bonds is 2. The van der Waals surface area contributed by atoms with Crippen molar-refractivity contribution < 1.29 is 9.13 Å². The summed E-state index contributed by atoms with van der Waals surface area (Å²) in [5.74, 6) is 0.924. The van der Waals surface area contributed by atoms with E-state index < -0.39 is 0 Å². The van der Waals surface area contributed by atoms with E-state index in [1.807, 2.05) is 12.1 Å². The topological polar surface area (TPSA) is 38.2 Å². The number of hydrogen-bond donors (Lipinski definition) is 0. The summed E-state index contributed by atoms with van der Waals surface area (Å²) < 4.78 is 18.9. The molecule has 2 unspecified atom stereocenters. The van der Waals surface area contributed by atoms with Gasteiger partial charge in [0.2, 0.25) is 5.28 Å². The van der Waals surface area contributed by atoms with Crippen LogP contribution in [0.3, 0.4) is 0 Å². The molecule has 0 amide bonds. The van der Waals surface area contributed by atoms with Gasteiger partial charge in [0.15, 0.2) is 0 Å². The van der Waals surface area contributed by atoms with E-state index in [1.165, 1.54) is 17.7 Å². The van der Waals surface area contributed by atoms with Gasteiger partial charge in [-0.2, -0.15) is 0 Å². The molecule has 0 radical (unpaired) electrons. The summed E-state index contributed by atoms with van der Waals surface area (Å²) in [5, 5.41) is 0.293. The third-order valence-corrected chi connectivity index (χ3v) is 5.62. The molecule has 1 aromatic heterocycles. The van der Waals surface area contributed by atoms with Crippen molar-refractivity contribution in [2.75, 3.05) is 18.1 Å². The molecular formula is C18H17ClFN3O. The molecule has 2 aliphatic heterocycles. The lowest BCUT2D eigenvalue weighted by Gasteiger charge is -2.29. The maximum absolute atomic E-state index is 13.2. The largest absolute Gasteiger partial charge is 0.374 e. The molecule has 4 nitrogen and oxygen atoms in total. The maximum Gasteiger partial charge on any atom is 0.224 e. The monoisotopic (exact) mass is 345 g/mol. The van der Waals surface area contributed by atoms with Gasteiger partial charge in [0, 0.05) is 18.0 Å². The smallest absolute Gasteiger partial charge is 0.224 e. The summed E-state index contributed by atoms with van der Waals surface area (Å²) in [6, 6.07) is 7.10. The second kappa shape index (κ2) is 5.39. The highest BCUT2D eigenvalue weighted by atomic mass is 35.5. The van der Waals surface area contributed by atoms with Gasteiger partial charge >= 0.3 is 0 Å². The Morgan fingerprint density at radius 2 is 2.04 bits per heavy atom. The minimum atomic E-state index is -0.216. The first-order chi connectivity index (χ1) is 11.7. The highest BCUT2D eigenvalue weighted by Gasteiger charge is 2.42. The van der Waals surface area contributed by atoms with E-state index in [0.717, 1.165) is 49.5 Å². The third-order valence-electron chi connectivity index (χ3n) is 5.45. The Morgan fingerprint density at radius 3 is 2.75 bits per heavy atom. The first-order valence-electron chi connectivity index (χ1n) is 8.39. The highest BCUT2D eigenvalue weighted by Crippen LogP contribution is 2.43. The fraction of sp³-hybridized carbons (Fsp3) is 0.444. The zero-order chi connectivity index (χ0) is 16.3. The number of fused-ring (bicyclic) bond motifs is 3. The molecule has 0 saturated carbocycles. The fourth-order valence-electron chi connectivity index (χ4n) is 4.33. The Labute approximate surface area is 144 Å². The molecule has 24 heavy (non-hydrogen) atoms. The normalized spacial score (nSPS) is 27.8. The zero-order valence-electron chi connectivity index (χ0n) is 13.1. The predicted molar refractivity (Wildman–Crippen MR) is 89.1 cm³/mol. The van der Waals surface area contributed by atoms with Crippen molar-refractivity contribution in [2.24, 2.45) is 0 Å². The van der Waals surface area contributed by atoms with Crippen LogP contribution in [0, 0.1) is 5.82 Å². The third kappa shape index (κ3) is 2.22. The van der Waals surface area contributed by atoms with E-state index >= 15 is 0 Å². The van der Waals surface area contributed by atoms with Crippen LogP contribution in [0.2, 0.25) is 5.28 Å². The minimum absolute atomic E-state index is 0.163. The number of anilines is 1. The van der Waals surface area contributed by atoms with Crippen LogP contribution in [-0.2, 0) is 11.2 Å². The van der Waals surface area contributed by atoms with Crippen molar-refractivity contribution in [3.05, 3.63) is 52.2 Å². The molecule has 3 aliphatic rings. The van der Waals surface area contributed by atoms with Gasteiger partial charge in [-0.25, -0.2) is 14.4 Å². The maximum atomic E-state index is 13.2. The van der Waals surface area contributed by atoms with Crippen LogP contribution in [0.5, 0.6) is 0 Å². The molecule has 3 atom stereocenters. The lowest BCUT2D eigenvalue weighted by atomic mass is 9.97. The predicted octanol–water partition coefficient (Wildman–Crippen LogP) is 3.32. The summed E-state index contributed by atoms with van der Waals surface area (Å²) in [6.45, 7) is 1.65. The Balaban J connectivity index is 1.56. The Hall–Kier alpha value is -1.72. The zero-order valence-corrected chi connectivity index (χ0v) is 13.8. The summed E-state index contributed by atoms with van der Waals surface area (Å²) in [5.41, 5.74) is 3.28. The average Bonchev–Trinajstić information content (AvgIpc) is 3.29. The molecular weight excluding hydrogens is 329 g/mol. The molecule has 5 rings (SSSR count). The van der Waals surface area contributed by atoms with Crippen LogP contribution in [0.25, 0.3) is 0 Å². The number of halogens is 2.